The maximum Gasteiger partial charge on any atom is 0.180 e. The summed E-state index contributed by atoms with van der Waals surface area (Å²) in [5.41, 5.74) is 0. The van der Waals surface area contributed by atoms with Gasteiger partial charge in [-0.2, -0.15) is 0 Å². The fourth-order valence-electron chi connectivity index (χ4n) is 1.13. The topological polar surface area (TPSA) is 30.5 Å². The van der Waals surface area contributed by atoms with Gasteiger partial charge in [0.05, 0.1) is 6.04 Å². The van der Waals surface area contributed by atoms with Gasteiger partial charge < -0.3 is 14.8 Å². The van der Waals surface area contributed by atoms with Crippen LogP contribution in [-0.4, -0.2) is 32.1 Å². The van der Waals surface area contributed by atoms with Crippen LogP contribution in [0.5, 0.6) is 0 Å². The Labute approximate surface area is 75.4 Å². The molecule has 1 atom stereocenters. The Hall–Kier alpha value is -0.120. The smallest absolute Gasteiger partial charge is 0.180 e. The van der Waals surface area contributed by atoms with Crippen molar-refractivity contribution >= 4 is 0 Å². The summed E-state index contributed by atoms with van der Waals surface area (Å²) >= 11 is 0. The van der Waals surface area contributed by atoms with Gasteiger partial charge in [-0.15, -0.1) is 0 Å². The highest BCUT2D eigenvalue weighted by Crippen LogP contribution is 2.16. The van der Waals surface area contributed by atoms with E-state index >= 15 is 0 Å². The maximum atomic E-state index is 5.54. The predicted octanol–water partition coefficient (Wildman–Crippen LogP) is 1.38. The van der Waals surface area contributed by atoms with E-state index in [0.29, 0.717) is 13.2 Å². The molecule has 0 saturated carbocycles. The Balaban J connectivity index is 4.15. The lowest BCUT2D eigenvalue weighted by molar-refractivity contribution is -0.234. The average Bonchev–Trinajstić information content (AvgIpc) is 2.04. The maximum absolute atomic E-state index is 5.54. The molecular weight excluding hydrogens is 154 g/mol. The normalized spacial score (nSPS) is 14.8. The number of hydrogen-bond acceptors (Lipinski definition) is 3. The van der Waals surface area contributed by atoms with E-state index in [1.807, 2.05) is 34.7 Å². The van der Waals surface area contributed by atoms with Gasteiger partial charge in [0.15, 0.2) is 5.79 Å². The first-order valence-corrected chi connectivity index (χ1v) is 4.55. The molecule has 0 aromatic heterocycles. The summed E-state index contributed by atoms with van der Waals surface area (Å²) in [7, 11) is 1.90. The number of rotatable bonds is 6. The van der Waals surface area contributed by atoms with Gasteiger partial charge in [-0.25, -0.2) is 0 Å². The minimum absolute atomic E-state index is 0.192. The quantitative estimate of drug-likeness (QED) is 0.619. The van der Waals surface area contributed by atoms with Crippen molar-refractivity contribution < 1.29 is 9.47 Å². The summed E-state index contributed by atoms with van der Waals surface area (Å²) in [4.78, 5) is 0. The van der Waals surface area contributed by atoms with Crippen molar-refractivity contribution in [2.75, 3.05) is 20.3 Å². The Bertz CT molecular complexity index is 111. The molecule has 0 aliphatic heterocycles. The van der Waals surface area contributed by atoms with Crippen molar-refractivity contribution in [1.29, 1.82) is 0 Å². The lowest BCUT2D eigenvalue weighted by atomic mass is 10.1. The van der Waals surface area contributed by atoms with Crippen molar-refractivity contribution in [3.8, 4) is 0 Å². The largest absolute Gasteiger partial charge is 0.349 e. The van der Waals surface area contributed by atoms with E-state index in [-0.39, 0.29) is 6.04 Å². The van der Waals surface area contributed by atoms with Crippen LogP contribution in [0.15, 0.2) is 0 Å². The van der Waals surface area contributed by atoms with Crippen LogP contribution in [0, 0.1) is 0 Å². The molecule has 3 nitrogen and oxygen atoms in total. The molecule has 0 aliphatic rings. The standard InChI is InChI=1S/C9H21NO2/c1-6-11-9(4,12-7-2)8(3)10-5/h8,10H,6-7H2,1-5H3. The van der Waals surface area contributed by atoms with Crippen molar-refractivity contribution in [3.63, 3.8) is 0 Å². The zero-order valence-corrected chi connectivity index (χ0v) is 8.81. The van der Waals surface area contributed by atoms with Gasteiger partial charge in [-0.1, -0.05) is 0 Å². The molecule has 0 rings (SSSR count). The zero-order valence-electron chi connectivity index (χ0n) is 8.81. The van der Waals surface area contributed by atoms with Crippen LogP contribution in [0.3, 0.4) is 0 Å². The molecule has 12 heavy (non-hydrogen) atoms. The number of ether oxygens (including phenoxy) is 2. The fourth-order valence-corrected chi connectivity index (χ4v) is 1.13. The number of likely N-dealkylation sites (N-methyl/N-ethyl adjacent to an activating group) is 1. The third kappa shape index (κ3) is 3.09. The first-order valence-electron chi connectivity index (χ1n) is 4.55. The Morgan fingerprint density at radius 2 is 1.67 bits per heavy atom. The first-order chi connectivity index (χ1) is 5.60. The predicted molar refractivity (Wildman–Crippen MR) is 50.2 cm³/mol. The summed E-state index contributed by atoms with van der Waals surface area (Å²) in [6, 6.07) is 0.192. The van der Waals surface area contributed by atoms with Crippen LogP contribution in [0.1, 0.15) is 27.7 Å². The molecule has 0 bridgehead atoms. The molecule has 0 amide bonds. The molecule has 0 saturated heterocycles. The lowest BCUT2D eigenvalue weighted by Gasteiger charge is -2.34. The monoisotopic (exact) mass is 175 g/mol. The second-order valence-corrected chi connectivity index (χ2v) is 2.89. The SMILES string of the molecule is CCOC(C)(OCC)C(C)NC. The highest BCUT2D eigenvalue weighted by Gasteiger charge is 2.31. The molecule has 1 unspecified atom stereocenters. The highest BCUT2D eigenvalue weighted by molar-refractivity contribution is 4.76. The first kappa shape index (κ1) is 11.9. The third-order valence-corrected chi connectivity index (χ3v) is 2.08. The van der Waals surface area contributed by atoms with E-state index in [1.165, 1.54) is 0 Å². The van der Waals surface area contributed by atoms with E-state index in [0.717, 1.165) is 0 Å². The van der Waals surface area contributed by atoms with Crippen LogP contribution in [0.4, 0.5) is 0 Å². The van der Waals surface area contributed by atoms with E-state index < -0.39 is 5.79 Å². The van der Waals surface area contributed by atoms with Crippen molar-refractivity contribution in [2.45, 2.75) is 39.5 Å². The third-order valence-electron chi connectivity index (χ3n) is 2.08. The van der Waals surface area contributed by atoms with Gasteiger partial charge in [0.1, 0.15) is 0 Å². The Morgan fingerprint density at radius 1 is 1.25 bits per heavy atom. The van der Waals surface area contributed by atoms with Gasteiger partial charge in [-0.3, -0.25) is 0 Å². The Kier molecular flexibility index (Phi) is 5.46. The molecule has 0 radical (unpaired) electrons. The van der Waals surface area contributed by atoms with Gasteiger partial charge in [-0.05, 0) is 34.7 Å². The molecule has 0 fully saturated rings. The van der Waals surface area contributed by atoms with Gasteiger partial charge >= 0.3 is 0 Å². The van der Waals surface area contributed by atoms with Gasteiger partial charge in [0.2, 0.25) is 0 Å². The molecular formula is C9H21NO2. The molecule has 0 spiro atoms. The average molecular weight is 175 g/mol. The van der Waals surface area contributed by atoms with Gasteiger partial charge in [0, 0.05) is 13.2 Å². The number of nitrogens with one attached hydrogen (secondary N) is 1. The zero-order chi connectivity index (χ0) is 9.61. The van der Waals surface area contributed by atoms with E-state index in [4.69, 9.17) is 9.47 Å². The van der Waals surface area contributed by atoms with Crippen molar-refractivity contribution in [1.82, 2.24) is 5.32 Å². The summed E-state index contributed by atoms with van der Waals surface area (Å²) in [5, 5.41) is 3.13. The highest BCUT2D eigenvalue weighted by atomic mass is 16.7. The van der Waals surface area contributed by atoms with E-state index in [1.54, 1.807) is 0 Å². The lowest BCUT2D eigenvalue weighted by Crippen LogP contribution is -2.49. The molecule has 3 heteroatoms. The van der Waals surface area contributed by atoms with E-state index in [9.17, 15) is 0 Å². The summed E-state index contributed by atoms with van der Waals surface area (Å²) in [6.07, 6.45) is 0. The van der Waals surface area contributed by atoms with E-state index in [2.05, 4.69) is 5.32 Å². The summed E-state index contributed by atoms with van der Waals surface area (Å²) in [5.74, 6) is -0.502. The molecule has 74 valence electrons. The minimum Gasteiger partial charge on any atom is -0.349 e. The van der Waals surface area contributed by atoms with Crippen LogP contribution in [0.25, 0.3) is 0 Å². The summed E-state index contributed by atoms with van der Waals surface area (Å²) in [6.45, 7) is 9.29. The minimum atomic E-state index is -0.502. The molecule has 0 aromatic rings. The van der Waals surface area contributed by atoms with Gasteiger partial charge in [0.25, 0.3) is 0 Å². The number of hydrogen-bond donors (Lipinski definition) is 1. The van der Waals surface area contributed by atoms with Crippen molar-refractivity contribution in [3.05, 3.63) is 0 Å². The molecule has 1 N–H and O–H groups in total. The second-order valence-electron chi connectivity index (χ2n) is 2.89. The molecule has 0 heterocycles. The Morgan fingerprint density at radius 3 is 1.92 bits per heavy atom. The van der Waals surface area contributed by atoms with Crippen molar-refractivity contribution in [2.24, 2.45) is 0 Å². The van der Waals surface area contributed by atoms with Crippen LogP contribution in [0.2, 0.25) is 0 Å². The second kappa shape index (κ2) is 5.51. The van der Waals surface area contributed by atoms with Crippen LogP contribution in [-0.2, 0) is 9.47 Å². The summed E-state index contributed by atoms with van der Waals surface area (Å²) < 4.78 is 11.1. The molecule has 0 aromatic carbocycles. The molecule has 0 aliphatic carbocycles. The van der Waals surface area contributed by atoms with Crippen LogP contribution >= 0.6 is 0 Å². The van der Waals surface area contributed by atoms with Crippen LogP contribution < -0.4 is 5.32 Å². The fraction of sp³-hybridized carbons (Fsp3) is 1.00.